The number of fused-ring (bicyclic) bond motifs is 6. The first kappa shape index (κ1) is 26.9. The van der Waals surface area contributed by atoms with Gasteiger partial charge in [0, 0.05) is 4.47 Å². The molecular formula is C41H43Br. The van der Waals surface area contributed by atoms with E-state index in [2.05, 4.69) is 120 Å². The SMILES string of the molecule is CC12CCC(c3ccc(-c4ccc(-c5ccc(C67CCC(c8ccc(Br)cc8)(CC6)CC7)cc5)cc4)cc3)(CC1)CC2. The maximum absolute atomic E-state index is 3.62. The number of hydrogen-bond donors (Lipinski definition) is 0. The lowest BCUT2D eigenvalue weighted by Crippen LogP contribution is -2.46. The average Bonchev–Trinajstić information content (AvgIpc) is 3.07. The van der Waals surface area contributed by atoms with Gasteiger partial charge in [0.05, 0.1) is 0 Å². The quantitative estimate of drug-likeness (QED) is 0.210. The van der Waals surface area contributed by atoms with Crippen LogP contribution < -0.4 is 0 Å². The Labute approximate surface area is 261 Å². The lowest BCUT2D eigenvalue weighted by atomic mass is 9.50. The maximum atomic E-state index is 3.62. The molecule has 6 saturated carbocycles. The van der Waals surface area contributed by atoms with Crippen LogP contribution in [0.25, 0.3) is 22.3 Å². The highest BCUT2D eigenvalue weighted by Crippen LogP contribution is 2.59. The molecule has 0 N–H and O–H groups in total. The molecular weight excluding hydrogens is 572 g/mol. The Kier molecular flexibility index (Phi) is 6.38. The minimum atomic E-state index is 0.375. The van der Waals surface area contributed by atoms with Gasteiger partial charge in [-0.05, 0) is 150 Å². The molecule has 214 valence electrons. The summed E-state index contributed by atoms with van der Waals surface area (Å²) >= 11 is 3.62. The molecule has 0 aromatic heterocycles. The van der Waals surface area contributed by atoms with E-state index < -0.39 is 0 Å². The van der Waals surface area contributed by atoms with Crippen molar-refractivity contribution in [2.75, 3.05) is 0 Å². The van der Waals surface area contributed by atoms with E-state index in [4.69, 9.17) is 0 Å². The summed E-state index contributed by atoms with van der Waals surface area (Å²) in [6.45, 7) is 2.51. The molecule has 0 atom stereocenters. The maximum Gasteiger partial charge on any atom is 0.0175 e. The van der Waals surface area contributed by atoms with Crippen molar-refractivity contribution in [3.63, 3.8) is 0 Å². The Balaban J connectivity index is 0.951. The first-order valence-electron chi connectivity index (χ1n) is 16.5. The van der Waals surface area contributed by atoms with Gasteiger partial charge in [-0.1, -0.05) is 108 Å². The second kappa shape index (κ2) is 9.95. The first-order chi connectivity index (χ1) is 20.4. The number of hydrogen-bond acceptors (Lipinski definition) is 0. The standard InChI is InChI=1S/C41H43Br/c1-38-18-21-39(22-19-38,23-20-38)34-10-6-32(7-11-34)30-2-4-31(5-3-30)33-8-12-35(13-9-33)40-24-27-41(28-25-40,29-26-40)36-14-16-37(42)17-15-36/h2-17H,18-29H2,1H3. The van der Waals surface area contributed by atoms with Gasteiger partial charge >= 0.3 is 0 Å². The summed E-state index contributed by atoms with van der Waals surface area (Å²) in [6, 6.07) is 37.7. The minimum Gasteiger partial charge on any atom is -0.0596 e. The Morgan fingerprint density at radius 1 is 0.357 bits per heavy atom. The summed E-state index contributed by atoms with van der Waals surface area (Å²) in [4.78, 5) is 0. The Bertz CT molecular complexity index is 1520. The van der Waals surface area contributed by atoms with Gasteiger partial charge in [-0.25, -0.2) is 0 Å². The molecule has 0 unspecified atom stereocenters. The van der Waals surface area contributed by atoms with Crippen molar-refractivity contribution in [2.45, 2.75) is 100 Å². The molecule has 0 spiro atoms. The Morgan fingerprint density at radius 2 is 0.595 bits per heavy atom. The van der Waals surface area contributed by atoms with Crippen LogP contribution in [-0.2, 0) is 16.2 Å². The van der Waals surface area contributed by atoms with Crippen molar-refractivity contribution >= 4 is 15.9 Å². The van der Waals surface area contributed by atoms with Crippen LogP contribution in [0, 0.1) is 5.41 Å². The van der Waals surface area contributed by atoms with Crippen molar-refractivity contribution in [3.05, 3.63) is 118 Å². The fraction of sp³-hybridized carbons (Fsp3) is 0.415. The molecule has 0 saturated heterocycles. The van der Waals surface area contributed by atoms with Crippen LogP contribution in [0.15, 0.2) is 102 Å². The Hall–Kier alpha value is -2.64. The van der Waals surface area contributed by atoms with Gasteiger partial charge in [0.15, 0.2) is 0 Å². The smallest absolute Gasteiger partial charge is 0.0175 e. The van der Waals surface area contributed by atoms with Gasteiger partial charge in [-0.15, -0.1) is 0 Å². The molecule has 4 aromatic rings. The van der Waals surface area contributed by atoms with Crippen LogP contribution in [0.1, 0.15) is 101 Å². The summed E-state index contributed by atoms with van der Waals surface area (Å²) < 4.78 is 1.18. The molecule has 10 rings (SSSR count). The van der Waals surface area contributed by atoms with E-state index in [0.717, 1.165) is 0 Å². The first-order valence-corrected chi connectivity index (χ1v) is 17.3. The summed E-state index contributed by atoms with van der Waals surface area (Å²) in [5.41, 5.74) is 11.8. The second-order valence-electron chi connectivity index (χ2n) is 14.9. The van der Waals surface area contributed by atoms with Gasteiger partial charge in [-0.3, -0.25) is 0 Å². The van der Waals surface area contributed by atoms with Crippen molar-refractivity contribution in [1.82, 2.24) is 0 Å². The third-order valence-corrected chi connectivity index (χ3v) is 13.4. The van der Waals surface area contributed by atoms with E-state index in [9.17, 15) is 0 Å². The zero-order valence-electron chi connectivity index (χ0n) is 25.1. The van der Waals surface area contributed by atoms with Gasteiger partial charge in [0.25, 0.3) is 0 Å². The van der Waals surface area contributed by atoms with E-state index in [-0.39, 0.29) is 0 Å². The molecule has 6 fully saturated rings. The van der Waals surface area contributed by atoms with Crippen LogP contribution in [0.5, 0.6) is 0 Å². The van der Waals surface area contributed by atoms with E-state index in [1.807, 2.05) is 0 Å². The normalized spacial score (nSPS) is 31.8. The highest BCUT2D eigenvalue weighted by atomic mass is 79.9. The molecule has 42 heavy (non-hydrogen) atoms. The summed E-state index contributed by atoms with van der Waals surface area (Å²) in [6.07, 6.45) is 16.3. The molecule has 0 aliphatic heterocycles. The van der Waals surface area contributed by atoms with Gasteiger partial charge in [0.1, 0.15) is 0 Å². The fourth-order valence-corrected chi connectivity index (χ4v) is 9.81. The highest BCUT2D eigenvalue weighted by molar-refractivity contribution is 9.10. The molecule has 6 aliphatic rings. The predicted octanol–water partition coefficient (Wildman–Crippen LogP) is 11.9. The van der Waals surface area contributed by atoms with Gasteiger partial charge in [-0.2, -0.15) is 0 Å². The number of rotatable bonds is 5. The Morgan fingerprint density at radius 3 is 0.905 bits per heavy atom. The van der Waals surface area contributed by atoms with Crippen molar-refractivity contribution in [1.29, 1.82) is 0 Å². The summed E-state index contributed by atoms with van der Waals surface area (Å²) in [7, 11) is 0. The van der Waals surface area contributed by atoms with Crippen molar-refractivity contribution < 1.29 is 0 Å². The van der Waals surface area contributed by atoms with Crippen LogP contribution in [0.3, 0.4) is 0 Å². The summed E-state index contributed by atoms with van der Waals surface area (Å²) in [5, 5.41) is 0. The molecule has 0 radical (unpaired) electrons. The monoisotopic (exact) mass is 614 g/mol. The number of benzene rings is 4. The lowest BCUT2D eigenvalue weighted by molar-refractivity contribution is 0.0556. The molecule has 0 amide bonds. The van der Waals surface area contributed by atoms with Crippen LogP contribution in [0.2, 0.25) is 0 Å². The van der Waals surface area contributed by atoms with Crippen molar-refractivity contribution in [3.8, 4) is 22.3 Å². The molecule has 4 aromatic carbocycles. The minimum absolute atomic E-state index is 0.375. The largest absolute Gasteiger partial charge is 0.0596 e. The number of halogens is 1. The summed E-state index contributed by atoms with van der Waals surface area (Å²) in [5.74, 6) is 0. The van der Waals surface area contributed by atoms with E-state index in [0.29, 0.717) is 21.7 Å². The molecule has 0 nitrogen and oxygen atoms in total. The zero-order chi connectivity index (χ0) is 28.4. The van der Waals surface area contributed by atoms with Crippen LogP contribution in [0.4, 0.5) is 0 Å². The molecule has 0 heterocycles. The van der Waals surface area contributed by atoms with Gasteiger partial charge < -0.3 is 0 Å². The fourth-order valence-electron chi connectivity index (χ4n) is 9.55. The van der Waals surface area contributed by atoms with E-state index in [1.165, 1.54) is 104 Å². The average molecular weight is 616 g/mol. The predicted molar refractivity (Wildman–Crippen MR) is 180 cm³/mol. The second-order valence-corrected chi connectivity index (χ2v) is 15.8. The highest BCUT2D eigenvalue weighted by Gasteiger charge is 2.50. The van der Waals surface area contributed by atoms with Crippen LogP contribution in [-0.4, -0.2) is 0 Å². The molecule has 4 bridgehead atoms. The van der Waals surface area contributed by atoms with Crippen LogP contribution >= 0.6 is 15.9 Å². The molecule has 1 heteroatoms. The zero-order valence-corrected chi connectivity index (χ0v) is 26.7. The topological polar surface area (TPSA) is 0 Å². The van der Waals surface area contributed by atoms with E-state index >= 15 is 0 Å². The molecule has 6 aliphatic carbocycles. The van der Waals surface area contributed by atoms with E-state index in [1.54, 1.807) is 16.7 Å². The third-order valence-electron chi connectivity index (χ3n) is 12.9. The lowest BCUT2D eigenvalue weighted by Gasteiger charge is -2.54. The van der Waals surface area contributed by atoms with Gasteiger partial charge in [0.2, 0.25) is 0 Å². The van der Waals surface area contributed by atoms with Crippen molar-refractivity contribution in [2.24, 2.45) is 5.41 Å². The third kappa shape index (κ3) is 4.45.